The number of carboxylic acid groups (broad SMARTS) is 1. The second-order valence-electron chi connectivity index (χ2n) is 4.16. The minimum atomic E-state index is -1.15. The molecule has 0 aliphatic rings. The molecule has 0 saturated heterocycles. The van der Waals surface area contributed by atoms with Gasteiger partial charge in [-0.2, -0.15) is 0 Å². The monoisotopic (exact) mass is 301 g/mol. The van der Waals surface area contributed by atoms with Crippen LogP contribution in [-0.2, 0) is 9.53 Å². The first kappa shape index (κ1) is 16.3. The lowest BCUT2D eigenvalue weighted by Gasteiger charge is -2.14. The number of methoxy groups -OCH3 is 1. The molecule has 20 heavy (non-hydrogen) atoms. The molecule has 0 aromatic heterocycles. The van der Waals surface area contributed by atoms with Gasteiger partial charge in [-0.15, -0.1) is 0 Å². The highest BCUT2D eigenvalue weighted by atomic mass is 35.5. The third-order valence-corrected chi connectivity index (χ3v) is 2.59. The first-order valence-corrected chi connectivity index (χ1v) is 6.25. The Morgan fingerprint density at radius 3 is 2.75 bits per heavy atom. The number of carboxylic acids is 1. The molecule has 1 aromatic carbocycles. The molecule has 2 N–H and O–H groups in total. The summed E-state index contributed by atoms with van der Waals surface area (Å²) < 4.78 is 10.1. The van der Waals surface area contributed by atoms with Gasteiger partial charge in [-0.05, 0) is 25.1 Å². The molecule has 0 bridgehead atoms. The van der Waals surface area contributed by atoms with Crippen LogP contribution in [0.5, 0.6) is 5.75 Å². The highest BCUT2D eigenvalue weighted by Gasteiger charge is 2.14. The van der Waals surface area contributed by atoms with Crippen molar-refractivity contribution in [3.05, 3.63) is 28.8 Å². The zero-order valence-electron chi connectivity index (χ0n) is 11.2. The third-order valence-electron chi connectivity index (χ3n) is 2.36. The predicted molar refractivity (Wildman–Crippen MR) is 73.4 cm³/mol. The molecule has 0 aliphatic heterocycles. The Morgan fingerprint density at radius 1 is 1.45 bits per heavy atom. The maximum Gasteiger partial charge on any atom is 0.339 e. The number of carbonyl (C=O) groups excluding carboxylic acids is 1. The summed E-state index contributed by atoms with van der Waals surface area (Å²) in [7, 11) is 1.53. The van der Waals surface area contributed by atoms with Crippen molar-refractivity contribution in [1.29, 1.82) is 0 Å². The van der Waals surface area contributed by atoms with Gasteiger partial charge >= 0.3 is 5.97 Å². The lowest BCUT2D eigenvalue weighted by Crippen LogP contribution is -2.38. The fourth-order valence-electron chi connectivity index (χ4n) is 1.54. The Bertz CT molecular complexity index is 492. The van der Waals surface area contributed by atoms with Crippen LogP contribution in [0, 0.1) is 0 Å². The van der Waals surface area contributed by atoms with Crippen molar-refractivity contribution in [1.82, 2.24) is 5.32 Å². The van der Waals surface area contributed by atoms with E-state index in [1.54, 1.807) is 6.92 Å². The van der Waals surface area contributed by atoms with Crippen LogP contribution in [0.4, 0.5) is 0 Å². The zero-order chi connectivity index (χ0) is 15.1. The van der Waals surface area contributed by atoms with Gasteiger partial charge in [0.15, 0.2) is 6.61 Å². The predicted octanol–water partition coefficient (Wildman–Crippen LogP) is 1.57. The lowest BCUT2D eigenvalue weighted by atomic mass is 10.2. The number of carbonyl (C=O) groups is 2. The second-order valence-corrected chi connectivity index (χ2v) is 4.59. The second kappa shape index (κ2) is 7.72. The fourth-order valence-corrected chi connectivity index (χ4v) is 1.71. The molecule has 1 amide bonds. The molecule has 0 aliphatic carbocycles. The van der Waals surface area contributed by atoms with E-state index < -0.39 is 5.97 Å². The van der Waals surface area contributed by atoms with E-state index in [9.17, 15) is 9.59 Å². The third kappa shape index (κ3) is 5.07. The fraction of sp³-hybridized carbons (Fsp3) is 0.385. The Labute approximate surface area is 121 Å². The molecule has 0 fully saturated rings. The maximum atomic E-state index is 11.6. The van der Waals surface area contributed by atoms with E-state index in [0.29, 0.717) is 11.6 Å². The summed E-state index contributed by atoms with van der Waals surface area (Å²) in [6.07, 6.45) is 0. The number of ether oxygens (including phenoxy) is 2. The smallest absolute Gasteiger partial charge is 0.339 e. The molecular formula is C13H16ClNO5. The minimum Gasteiger partial charge on any atom is -0.483 e. The number of nitrogens with one attached hydrogen (secondary N) is 1. The first-order valence-electron chi connectivity index (χ1n) is 5.88. The Morgan fingerprint density at radius 2 is 2.15 bits per heavy atom. The molecular weight excluding hydrogens is 286 g/mol. The number of rotatable bonds is 7. The van der Waals surface area contributed by atoms with Crippen molar-refractivity contribution in [2.45, 2.75) is 13.0 Å². The molecule has 0 heterocycles. The van der Waals surface area contributed by atoms with Crippen molar-refractivity contribution in [2.24, 2.45) is 0 Å². The molecule has 0 radical (unpaired) electrons. The van der Waals surface area contributed by atoms with E-state index in [-0.39, 0.29) is 29.9 Å². The van der Waals surface area contributed by atoms with Gasteiger partial charge in [-0.1, -0.05) is 11.6 Å². The molecule has 1 rings (SSSR count). The van der Waals surface area contributed by atoms with Crippen LogP contribution in [0.2, 0.25) is 5.02 Å². The van der Waals surface area contributed by atoms with Gasteiger partial charge in [0.05, 0.1) is 6.61 Å². The van der Waals surface area contributed by atoms with Gasteiger partial charge in [-0.3, -0.25) is 4.79 Å². The Kier molecular flexibility index (Phi) is 6.27. The van der Waals surface area contributed by atoms with Crippen molar-refractivity contribution < 1.29 is 24.2 Å². The van der Waals surface area contributed by atoms with Crippen LogP contribution in [0.25, 0.3) is 0 Å². The summed E-state index contributed by atoms with van der Waals surface area (Å²) in [5.41, 5.74) is -0.0489. The summed E-state index contributed by atoms with van der Waals surface area (Å²) in [6.45, 7) is 1.86. The van der Waals surface area contributed by atoms with Crippen molar-refractivity contribution in [2.75, 3.05) is 20.3 Å². The molecule has 0 saturated carbocycles. The summed E-state index contributed by atoms with van der Waals surface area (Å²) in [5.74, 6) is -1.46. The molecule has 0 spiro atoms. The number of hydrogen-bond acceptors (Lipinski definition) is 4. The zero-order valence-corrected chi connectivity index (χ0v) is 11.9. The highest BCUT2D eigenvalue weighted by molar-refractivity contribution is 6.30. The van der Waals surface area contributed by atoms with Gasteiger partial charge in [0.25, 0.3) is 5.91 Å². The van der Waals surface area contributed by atoms with E-state index in [1.165, 1.54) is 25.3 Å². The Hall–Kier alpha value is -1.79. The SMILES string of the molecule is COCC(C)NC(=O)COc1cc(Cl)ccc1C(=O)O. The first-order chi connectivity index (χ1) is 9.43. The summed E-state index contributed by atoms with van der Waals surface area (Å²) >= 11 is 5.77. The van der Waals surface area contributed by atoms with E-state index in [4.69, 9.17) is 26.2 Å². The number of halogens is 1. The number of aromatic carboxylic acids is 1. The standard InChI is InChI=1S/C13H16ClNO5/c1-8(6-19-2)15-12(16)7-20-11-5-9(14)3-4-10(11)13(17)18/h3-5,8H,6-7H2,1-2H3,(H,15,16)(H,17,18). The minimum absolute atomic E-state index is 0.0489. The summed E-state index contributed by atoms with van der Waals surface area (Å²) in [5, 5.41) is 12.0. The summed E-state index contributed by atoms with van der Waals surface area (Å²) in [4.78, 5) is 22.6. The van der Waals surface area contributed by atoms with Gasteiger partial charge in [0.1, 0.15) is 11.3 Å². The summed E-state index contributed by atoms with van der Waals surface area (Å²) in [6, 6.07) is 3.97. The number of benzene rings is 1. The largest absolute Gasteiger partial charge is 0.483 e. The normalized spacial score (nSPS) is 11.8. The lowest BCUT2D eigenvalue weighted by molar-refractivity contribution is -0.124. The Balaban J connectivity index is 2.63. The van der Waals surface area contributed by atoms with Gasteiger partial charge in [0.2, 0.25) is 0 Å². The topological polar surface area (TPSA) is 84.9 Å². The van der Waals surface area contributed by atoms with Crippen LogP contribution in [0.1, 0.15) is 17.3 Å². The number of hydrogen-bond donors (Lipinski definition) is 2. The highest BCUT2D eigenvalue weighted by Crippen LogP contribution is 2.23. The van der Waals surface area contributed by atoms with Crippen LogP contribution in [0.3, 0.4) is 0 Å². The maximum absolute atomic E-state index is 11.6. The van der Waals surface area contributed by atoms with Crippen LogP contribution >= 0.6 is 11.6 Å². The van der Waals surface area contributed by atoms with Gasteiger partial charge in [0, 0.05) is 18.2 Å². The van der Waals surface area contributed by atoms with E-state index >= 15 is 0 Å². The van der Waals surface area contributed by atoms with E-state index in [1.807, 2.05) is 0 Å². The van der Waals surface area contributed by atoms with Crippen LogP contribution in [0.15, 0.2) is 18.2 Å². The van der Waals surface area contributed by atoms with Crippen LogP contribution < -0.4 is 10.1 Å². The molecule has 1 aromatic rings. The quantitative estimate of drug-likeness (QED) is 0.798. The van der Waals surface area contributed by atoms with Crippen molar-refractivity contribution in [3.8, 4) is 5.75 Å². The molecule has 110 valence electrons. The molecule has 6 nitrogen and oxygen atoms in total. The number of amides is 1. The average Bonchev–Trinajstić information content (AvgIpc) is 2.36. The molecule has 1 atom stereocenters. The molecule has 7 heteroatoms. The van der Waals surface area contributed by atoms with E-state index in [2.05, 4.69) is 5.32 Å². The van der Waals surface area contributed by atoms with Crippen LogP contribution in [-0.4, -0.2) is 43.3 Å². The van der Waals surface area contributed by atoms with Crippen molar-refractivity contribution in [3.63, 3.8) is 0 Å². The average molecular weight is 302 g/mol. The van der Waals surface area contributed by atoms with Gasteiger partial charge < -0.3 is 19.9 Å². The van der Waals surface area contributed by atoms with E-state index in [0.717, 1.165) is 0 Å². The van der Waals surface area contributed by atoms with Gasteiger partial charge in [-0.25, -0.2) is 4.79 Å². The molecule has 1 unspecified atom stereocenters. The van der Waals surface area contributed by atoms with Crippen molar-refractivity contribution >= 4 is 23.5 Å².